The summed E-state index contributed by atoms with van der Waals surface area (Å²) in [5.41, 5.74) is 7.10. The third-order valence-corrected chi connectivity index (χ3v) is 2.86. The zero-order chi connectivity index (χ0) is 14.1. The van der Waals surface area contributed by atoms with E-state index in [0.717, 1.165) is 29.9 Å². The molecule has 1 aromatic rings. The highest BCUT2D eigenvalue weighted by Crippen LogP contribution is 2.32. The summed E-state index contributed by atoms with van der Waals surface area (Å²) in [6, 6.07) is 6.04. The second kappa shape index (κ2) is 8.44. The van der Waals surface area contributed by atoms with Crippen molar-refractivity contribution in [3.05, 3.63) is 23.8 Å². The molecule has 0 heterocycles. The van der Waals surface area contributed by atoms with Crippen molar-refractivity contribution in [2.45, 2.75) is 39.2 Å². The van der Waals surface area contributed by atoms with E-state index in [1.165, 1.54) is 0 Å². The molecule has 0 bridgehead atoms. The van der Waals surface area contributed by atoms with Gasteiger partial charge >= 0.3 is 0 Å². The van der Waals surface area contributed by atoms with Crippen LogP contribution in [0, 0.1) is 12.3 Å². The molecule has 0 saturated carbocycles. The summed E-state index contributed by atoms with van der Waals surface area (Å²) in [6.07, 6.45) is 7.55. The van der Waals surface area contributed by atoms with Crippen LogP contribution in [-0.2, 0) is 6.42 Å². The second-order valence-electron chi connectivity index (χ2n) is 4.35. The molecule has 2 N–H and O–H groups in total. The number of terminal acetylenes is 1. The van der Waals surface area contributed by atoms with Crippen LogP contribution in [0.3, 0.4) is 0 Å². The van der Waals surface area contributed by atoms with Crippen molar-refractivity contribution in [1.29, 1.82) is 0 Å². The first-order valence-electron chi connectivity index (χ1n) is 6.79. The molecular formula is C16H23NO2. The minimum absolute atomic E-state index is 0.131. The first-order chi connectivity index (χ1) is 9.22. The molecule has 0 spiro atoms. The maximum absolute atomic E-state index is 6.02. The van der Waals surface area contributed by atoms with Gasteiger partial charge in [0.2, 0.25) is 0 Å². The average Bonchev–Trinajstić information content (AvgIpc) is 2.42. The van der Waals surface area contributed by atoms with Crippen LogP contribution in [-0.4, -0.2) is 19.3 Å². The Balaban J connectivity index is 2.93. The minimum Gasteiger partial charge on any atom is -0.490 e. The number of rotatable bonds is 8. The Hall–Kier alpha value is -1.66. The van der Waals surface area contributed by atoms with Gasteiger partial charge in [0.05, 0.1) is 13.2 Å². The van der Waals surface area contributed by atoms with Gasteiger partial charge in [-0.05, 0) is 31.4 Å². The highest BCUT2D eigenvalue weighted by atomic mass is 16.5. The lowest BCUT2D eigenvalue weighted by atomic mass is 10.0. The van der Waals surface area contributed by atoms with E-state index in [0.29, 0.717) is 19.6 Å². The molecule has 1 rings (SSSR count). The van der Waals surface area contributed by atoms with Gasteiger partial charge in [-0.3, -0.25) is 0 Å². The summed E-state index contributed by atoms with van der Waals surface area (Å²) in [4.78, 5) is 0. The van der Waals surface area contributed by atoms with Crippen molar-refractivity contribution in [1.82, 2.24) is 0 Å². The van der Waals surface area contributed by atoms with Crippen LogP contribution in [0.5, 0.6) is 11.5 Å². The predicted molar refractivity (Wildman–Crippen MR) is 78.5 cm³/mol. The fourth-order valence-corrected chi connectivity index (χ4v) is 1.79. The summed E-state index contributed by atoms with van der Waals surface area (Å²) >= 11 is 0. The molecule has 1 unspecified atom stereocenters. The molecular weight excluding hydrogens is 238 g/mol. The third-order valence-electron chi connectivity index (χ3n) is 2.86. The van der Waals surface area contributed by atoms with Crippen molar-refractivity contribution in [3.63, 3.8) is 0 Å². The van der Waals surface area contributed by atoms with E-state index in [4.69, 9.17) is 21.6 Å². The van der Waals surface area contributed by atoms with E-state index in [1.54, 1.807) is 0 Å². The van der Waals surface area contributed by atoms with Gasteiger partial charge in [-0.25, -0.2) is 0 Å². The second-order valence-corrected chi connectivity index (χ2v) is 4.35. The van der Waals surface area contributed by atoms with E-state index in [1.807, 2.05) is 25.1 Å². The zero-order valence-corrected chi connectivity index (χ0v) is 11.8. The van der Waals surface area contributed by atoms with Crippen LogP contribution < -0.4 is 15.2 Å². The summed E-state index contributed by atoms with van der Waals surface area (Å²) in [5.74, 6) is 4.12. The van der Waals surface area contributed by atoms with Crippen molar-refractivity contribution in [2.75, 3.05) is 13.2 Å². The summed E-state index contributed by atoms with van der Waals surface area (Å²) in [6.45, 7) is 5.13. The minimum atomic E-state index is 0.131. The number of hydrogen-bond acceptors (Lipinski definition) is 3. The van der Waals surface area contributed by atoms with E-state index in [-0.39, 0.29) is 6.04 Å². The van der Waals surface area contributed by atoms with Crippen LogP contribution in [0.2, 0.25) is 0 Å². The fourth-order valence-electron chi connectivity index (χ4n) is 1.79. The monoisotopic (exact) mass is 261 g/mol. The van der Waals surface area contributed by atoms with E-state index in [2.05, 4.69) is 12.8 Å². The van der Waals surface area contributed by atoms with Gasteiger partial charge in [-0.15, -0.1) is 12.3 Å². The Labute approximate surface area is 116 Å². The van der Waals surface area contributed by atoms with Gasteiger partial charge < -0.3 is 15.2 Å². The van der Waals surface area contributed by atoms with Crippen molar-refractivity contribution < 1.29 is 9.47 Å². The zero-order valence-electron chi connectivity index (χ0n) is 11.8. The fraction of sp³-hybridized carbons (Fsp3) is 0.500. The van der Waals surface area contributed by atoms with Gasteiger partial charge in [0.25, 0.3) is 0 Å². The SMILES string of the molecule is C#CCCOc1c(CC(N)CC)cccc1OCC. The lowest BCUT2D eigenvalue weighted by Crippen LogP contribution is -2.22. The topological polar surface area (TPSA) is 44.5 Å². The first-order valence-corrected chi connectivity index (χ1v) is 6.79. The van der Waals surface area contributed by atoms with Crippen LogP contribution in [0.15, 0.2) is 18.2 Å². The summed E-state index contributed by atoms with van der Waals surface area (Å²) in [7, 11) is 0. The average molecular weight is 261 g/mol. The quantitative estimate of drug-likeness (QED) is 0.578. The Morgan fingerprint density at radius 2 is 2.11 bits per heavy atom. The number of hydrogen-bond donors (Lipinski definition) is 1. The number of benzene rings is 1. The van der Waals surface area contributed by atoms with Gasteiger partial charge in [0.15, 0.2) is 11.5 Å². The Morgan fingerprint density at radius 3 is 2.74 bits per heavy atom. The largest absolute Gasteiger partial charge is 0.490 e. The molecule has 1 atom stereocenters. The van der Waals surface area contributed by atoms with Crippen molar-refractivity contribution >= 4 is 0 Å². The van der Waals surface area contributed by atoms with Crippen LogP contribution >= 0.6 is 0 Å². The number of para-hydroxylation sites is 1. The molecule has 0 saturated heterocycles. The predicted octanol–water partition coefficient (Wildman–Crippen LogP) is 2.77. The maximum atomic E-state index is 6.02. The van der Waals surface area contributed by atoms with E-state index in [9.17, 15) is 0 Å². The standard InChI is InChI=1S/C16H23NO2/c1-4-7-11-19-16-13(12-14(17)5-2)9-8-10-15(16)18-6-3/h1,8-10,14H,5-7,11-12,17H2,2-3H3. The summed E-state index contributed by atoms with van der Waals surface area (Å²) < 4.78 is 11.4. The molecule has 0 fully saturated rings. The molecule has 0 amide bonds. The van der Waals surface area contributed by atoms with Crippen LogP contribution in [0.1, 0.15) is 32.3 Å². The molecule has 0 aliphatic carbocycles. The molecule has 0 radical (unpaired) electrons. The van der Waals surface area contributed by atoms with E-state index >= 15 is 0 Å². The molecule has 1 aromatic carbocycles. The van der Waals surface area contributed by atoms with Crippen LogP contribution in [0.25, 0.3) is 0 Å². The lowest BCUT2D eigenvalue weighted by molar-refractivity contribution is 0.278. The normalized spacial score (nSPS) is 11.7. The van der Waals surface area contributed by atoms with Crippen LogP contribution in [0.4, 0.5) is 0 Å². The molecule has 3 nitrogen and oxygen atoms in total. The van der Waals surface area contributed by atoms with Crippen molar-refractivity contribution in [3.8, 4) is 23.8 Å². The Kier molecular flexibility index (Phi) is 6.84. The van der Waals surface area contributed by atoms with Gasteiger partial charge in [0, 0.05) is 12.5 Å². The van der Waals surface area contributed by atoms with Gasteiger partial charge in [-0.2, -0.15) is 0 Å². The molecule has 19 heavy (non-hydrogen) atoms. The number of ether oxygens (including phenoxy) is 2. The lowest BCUT2D eigenvalue weighted by Gasteiger charge is -2.17. The van der Waals surface area contributed by atoms with E-state index < -0.39 is 0 Å². The van der Waals surface area contributed by atoms with Crippen molar-refractivity contribution in [2.24, 2.45) is 5.73 Å². The molecule has 3 heteroatoms. The molecule has 104 valence electrons. The van der Waals surface area contributed by atoms with Gasteiger partial charge in [0.1, 0.15) is 0 Å². The van der Waals surface area contributed by atoms with Gasteiger partial charge in [-0.1, -0.05) is 19.1 Å². The molecule has 0 aliphatic heterocycles. The Bertz CT molecular complexity index is 423. The third kappa shape index (κ3) is 4.84. The smallest absolute Gasteiger partial charge is 0.164 e. The number of nitrogens with two attached hydrogens (primary N) is 1. The molecule has 0 aromatic heterocycles. The Morgan fingerprint density at radius 1 is 1.32 bits per heavy atom. The highest BCUT2D eigenvalue weighted by molar-refractivity contribution is 5.47. The highest BCUT2D eigenvalue weighted by Gasteiger charge is 2.13. The molecule has 0 aliphatic rings. The summed E-state index contributed by atoms with van der Waals surface area (Å²) in [5, 5.41) is 0. The maximum Gasteiger partial charge on any atom is 0.164 e. The first kappa shape index (κ1) is 15.4.